The zero-order valence-electron chi connectivity index (χ0n) is 16.5. The lowest BCUT2D eigenvalue weighted by Gasteiger charge is -2.18. The van der Waals surface area contributed by atoms with Crippen LogP contribution >= 0.6 is 23.2 Å². The van der Waals surface area contributed by atoms with Gasteiger partial charge in [0.2, 0.25) is 5.95 Å². The van der Waals surface area contributed by atoms with E-state index >= 15 is 0 Å². The first-order valence-electron chi connectivity index (χ1n) is 9.31. The summed E-state index contributed by atoms with van der Waals surface area (Å²) in [6, 6.07) is 3.38. The van der Waals surface area contributed by atoms with Crippen molar-refractivity contribution in [3.05, 3.63) is 39.8 Å². The van der Waals surface area contributed by atoms with E-state index in [1.807, 2.05) is 13.8 Å². The SMILES string of the molecule is CC(C)c1cc(Oc2c(Cl)c(F)nc(NC(CCCCO)C(=O)O)c2Cl)ccc1O. The van der Waals surface area contributed by atoms with Gasteiger partial charge in [0, 0.05) is 12.2 Å². The van der Waals surface area contributed by atoms with Crippen molar-refractivity contribution >= 4 is 35.0 Å². The third-order valence-electron chi connectivity index (χ3n) is 4.35. The molecule has 0 fully saturated rings. The molecule has 2 rings (SSSR count). The maximum atomic E-state index is 14.3. The second kappa shape index (κ2) is 10.7. The minimum Gasteiger partial charge on any atom is -0.508 e. The number of phenolic OH excluding ortho intramolecular Hbond substituents is 1. The first-order chi connectivity index (χ1) is 14.1. The molecule has 0 bridgehead atoms. The molecule has 0 aliphatic rings. The number of carboxylic acid groups (broad SMARTS) is 1. The molecule has 2 aromatic rings. The molecule has 1 unspecified atom stereocenters. The number of benzene rings is 1. The van der Waals surface area contributed by atoms with Gasteiger partial charge in [0.05, 0.1) is 0 Å². The minimum absolute atomic E-state index is 0.00106. The molecule has 0 aliphatic heterocycles. The van der Waals surface area contributed by atoms with Crippen molar-refractivity contribution in [3.8, 4) is 17.2 Å². The van der Waals surface area contributed by atoms with Crippen LogP contribution in [0.2, 0.25) is 10.0 Å². The van der Waals surface area contributed by atoms with E-state index in [-0.39, 0.29) is 47.0 Å². The Balaban J connectivity index is 2.37. The van der Waals surface area contributed by atoms with E-state index in [4.69, 9.17) is 33.0 Å². The molecule has 164 valence electrons. The number of aliphatic hydroxyl groups excluding tert-OH is 1. The Kier molecular flexibility index (Phi) is 8.52. The van der Waals surface area contributed by atoms with Gasteiger partial charge in [-0.15, -0.1) is 0 Å². The lowest BCUT2D eigenvalue weighted by Crippen LogP contribution is -2.30. The number of ether oxygens (including phenoxy) is 1. The summed E-state index contributed by atoms with van der Waals surface area (Å²) in [4.78, 5) is 15.1. The van der Waals surface area contributed by atoms with Gasteiger partial charge < -0.3 is 25.4 Å². The Morgan fingerprint density at radius 2 is 1.97 bits per heavy atom. The van der Waals surface area contributed by atoms with Crippen LogP contribution < -0.4 is 10.1 Å². The van der Waals surface area contributed by atoms with Crippen LogP contribution in [0.5, 0.6) is 17.2 Å². The predicted octanol–water partition coefficient (Wildman–Crippen LogP) is 5.18. The molecule has 10 heteroatoms. The lowest BCUT2D eigenvalue weighted by atomic mass is 10.0. The average Bonchev–Trinajstić information content (AvgIpc) is 2.69. The van der Waals surface area contributed by atoms with Gasteiger partial charge in [-0.1, -0.05) is 37.0 Å². The number of aliphatic hydroxyl groups is 1. The number of aromatic hydroxyl groups is 1. The van der Waals surface area contributed by atoms with Crippen LogP contribution in [0.3, 0.4) is 0 Å². The number of nitrogens with one attached hydrogen (secondary N) is 1. The average molecular weight is 461 g/mol. The van der Waals surface area contributed by atoms with Crippen molar-refractivity contribution in [2.45, 2.75) is 45.1 Å². The summed E-state index contributed by atoms with van der Waals surface area (Å²) in [5, 5.41) is 30.2. The number of aliphatic carboxylic acids is 1. The minimum atomic E-state index is -1.18. The van der Waals surface area contributed by atoms with Gasteiger partial charge in [-0.2, -0.15) is 9.37 Å². The molecular formula is C20H23Cl2FN2O5. The number of pyridine rings is 1. The summed E-state index contributed by atoms with van der Waals surface area (Å²) >= 11 is 12.3. The van der Waals surface area contributed by atoms with Gasteiger partial charge >= 0.3 is 5.97 Å². The van der Waals surface area contributed by atoms with Gasteiger partial charge in [-0.3, -0.25) is 0 Å². The Hall–Kier alpha value is -2.29. The number of hydrogen-bond donors (Lipinski definition) is 4. The van der Waals surface area contributed by atoms with Gasteiger partial charge in [-0.05, 0) is 43.4 Å². The Morgan fingerprint density at radius 3 is 2.57 bits per heavy atom. The van der Waals surface area contributed by atoms with Gasteiger partial charge in [-0.25, -0.2) is 4.79 Å². The smallest absolute Gasteiger partial charge is 0.326 e. The second-order valence-electron chi connectivity index (χ2n) is 6.94. The molecule has 0 saturated heterocycles. The summed E-state index contributed by atoms with van der Waals surface area (Å²) in [5.74, 6) is -2.37. The highest BCUT2D eigenvalue weighted by Gasteiger charge is 2.24. The molecule has 30 heavy (non-hydrogen) atoms. The molecule has 1 heterocycles. The number of phenols is 1. The highest BCUT2D eigenvalue weighted by atomic mass is 35.5. The predicted molar refractivity (Wildman–Crippen MR) is 112 cm³/mol. The normalized spacial score (nSPS) is 12.1. The van der Waals surface area contributed by atoms with Crippen LogP contribution in [-0.4, -0.2) is 38.9 Å². The third kappa shape index (κ3) is 5.87. The zero-order chi connectivity index (χ0) is 22.4. The molecule has 7 nitrogen and oxygen atoms in total. The Bertz CT molecular complexity index is 911. The molecule has 1 aromatic heterocycles. The van der Waals surface area contributed by atoms with E-state index in [0.717, 1.165) is 0 Å². The van der Waals surface area contributed by atoms with Gasteiger partial charge in [0.15, 0.2) is 11.6 Å². The molecule has 0 spiro atoms. The van der Waals surface area contributed by atoms with Crippen molar-refractivity contribution in [2.24, 2.45) is 0 Å². The highest BCUT2D eigenvalue weighted by molar-refractivity contribution is 6.38. The van der Waals surface area contributed by atoms with Crippen molar-refractivity contribution in [3.63, 3.8) is 0 Å². The maximum absolute atomic E-state index is 14.3. The summed E-state index contributed by atoms with van der Waals surface area (Å²) in [6.45, 7) is 3.70. The van der Waals surface area contributed by atoms with Crippen LogP contribution in [-0.2, 0) is 4.79 Å². The number of hydrogen-bond acceptors (Lipinski definition) is 6. The fourth-order valence-corrected chi connectivity index (χ4v) is 3.19. The Labute approximate surface area is 183 Å². The maximum Gasteiger partial charge on any atom is 0.326 e. The first kappa shape index (κ1) is 24.0. The van der Waals surface area contributed by atoms with E-state index in [9.17, 15) is 19.4 Å². The topological polar surface area (TPSA) is 112 Å². The number of nitrogens with zero attached hydrogens (tertiary/aromatic N) is 1. The quantitative estimate of drug-likeness (QED) is 0.285. The number of halogens is 3. The Morgan fingerprint density at radius 1 is 1.27 bits per heavy atom. The summed E-state index contributed by atoms with van der Waals surface area (Å²) < 4.78 is 20.0. The van der Waals surface area contributed by atoms with E-state index < -0.39 is 23.0 Å². The van der Waals surface area contributed by atoms with Gasteiger partial charge in [0.1, 0.15) is 27.6 Å². The highest BCUT2D eigenvalue weighted by Crippen LogP contribution is 2.42. The first-order valence-corrected chi connectivity index (χ1v) is 10.1. The van der Waals surface area contributed by atoms with E-state index in [1.54, 1.807) is 6.07 Å². The van der Waals surface area contributed by atoms with E-state index in [1.165, 1.54) is 12.1 Å². The van der Waals surface area contributed by atoms with Crippen LogP contribution in [0.4, 0.5) is 10.2 Å². The number of carbonyl (C=O) groups is 1. The van der Waals surface area contributed by atoms with E-state index in [0.29, 0.717) is 18.4 Å². The van der Waals surface area contributed by atoms with Crippen LogP contribution in [0, 0.1) is 5.95 Å². The molecule has 0 radical (unpaired) electrons. The van der Waals surface area contributed by atoms with Crippen LogP contribution in [0.15, 0.2) is 18.2 Å². The fraction of sp³-hybridized carbons (Fsp3) is 0.400. The zero-order valence-corrected chi connectivity index (χ0v) is 18.0. The van der Waals surface area contributed by atoms with Crippen LogP contribution in [0.25, 0.3) is 0 Å². The standard InChI is InChI=1S/C20H23Cl2FN2O5/c1-10(2)12-9-11(6-7-14(12)27)30-17-15(21)18(23)25-19(16(17)22)24-13(20(28)29)5-3-4-8-26/h6-7,9-10,13,26-27H,3-5,8H2,1-2H3,(H,24,25)(H,28,29). The molecule has 0 aliphatic carbocycles. The molecule has 4 N–H and O–H groups in total. The largest absolute Gasteiger partial charge is 0.508 e. The number of rotatable bonds is 10. The van der Waals surface area contributed by atoms with Crippen molar-refractivity contribution in [2.75, 3.05) is 11.9 Å². The number of unbranched alkanes of at least 4 members (excludes halogenated alkanes) is 1. The summed E-state index contributed by atoms with van der Waals surface area (Å²) in [5.41, 5.74) is 0.613. The summed E-state index contributed by atoms with van der Waals surface area (Å²) in [7, 11) is 0. The molecule has 0 amide bonds. The molecule has 1 atom stereocenters. The number of aromatic nitrogens is 1. The fourth-order valence-electron chi connectivity index (χ4n) is 2.74. The van der Waals surface area contributed by atoms with E-state index in [2.05, 4.69) is 10.3 Å². The number of carboxylic acids is 1. The van der Waals surface area contributed by atoms with Crippen molar-refractivity contribution in [1.82, 2.24) is 4.98 Å². The summed E-state index contributed by atoms with van der Waals surface area (Å²) in [6.07, 6.45) is 1.03. The monoisotopic (exact) mass is 460 g/mol. The molecular weight excluding hydrogens is 438 g/mol. The molecule has 0 saturated carbocycles. The lowest BCUT2D eigenvalue weighted by molar-refractivity contribution is -0.138. The van der Waals surface area contributed by atoms with Gasteiger partial charge in [0.25, 0.3) is 0 Å². The van der Waals surface area contributed by atoms with Crippen molar-refractivity contribution in [1.29, 1.82) is 0 Å². The molecule has 1 aromatic carbocycles. The van der Waals surface area contributed by atoms with Crippen LogP contribution in [0.1, 0.15) is 44.6 Å². The second-order valence-corrected chi connectivity index (χ2v) is 7.70. The van der Waals surface area contributed by atoms with Crippen molar-refractivity contribution < 1.29 is 29.2 Å². The third-order valence-corrected chi connectivity index (χ3v) is 5.03. The number of anilines is 1.